The molecule has 1 atom stereocenters. The number of carbonyl (C=O) groups is 2. The number of fused-ring (bicyclic) bond motifs is 1. The number of carbonyl (C=O) groups excluding carboxylic acids is 1. The first kappa shape index (κ1) is 15.9. The number of ether oxygens (including phenoxy) is 2. The Morgan fingerprint density at radius 2 is 1.79 bits per heavy atom. The van der Waals surface area contributed by atoms with Gasteiger partial charge >= 0.3 is 5.97 Å². The first-order chi connectivity index (χ1) is 11.6. The Morgan fingerprint density at radius 3 is 2.46 bits per heavy atom. The van der Waals surface area contributed by atoms with Crippen molar-refractivity contribution in [2.75, 3.05) is 19.1 Å². The fourth-order valence-corrected chi connectivity index (χ4v) is 2.94. The molecule has 124 valence electrons. The van der Waals surface area contributed by atoms with Crippen molar-refractivity contribution in [2.24, 2.45) is 0 Å². The lowest BCUT2D eigenvalue weighted by atomic mass is 10.1. The van der Waals surface area contributed by atoms with E-state index in [0.717, 1.165) is 5.56 Å². The number of benzene rings is 2. The van der Waals surface area contributed by atoms with Crippen molar-refractivity contribution in [2.45, 2.75) is 12.5 Å². The molecule has 0 unspecified atom stereocenters. The number of aliphatic carboxylic acids is 1. The number of rotatable bonds is 4. The van der Waals surface area contributed by atoms with E-state index in [2.05, 4.69) is 0 Å². The summed E-state index contributed by atoms with van der Waals surface area (Å²) in [5.41, 5.74) is 1.82. The van der Waals surface area contributed by atoms with Crippen LogP contribution in [-0.4, -0.2) is 37.2 Å². The molecule has 24 heavy (non-hydrogen) atoms. The van der Waals surface area contributed by atoms with Crippen LogP contribution >= 0.6 is 0 Å². The highest BCUT2D eigenvalue weighted by Gasteiger charge is 2.38. The molecule has 0 radical (unpaired) electrons. The number of carboxylic acids is 1. The topological polar surface area (TPSA) is 76.1 Å². The molecule has 0 bridgehead atoms. The molecular formula is C18H17NO5. The molecule has 0 fully saturated rings. The SMILES string of the molecule is COc1ccc(C(=O)N2c3ccccc3C[C@@H]2C(=O)O)cc1OC. The normalized spacial score (nSPS) is 15.8. The van der Waals surface area contributed by atoms with Crippen LogP contribution in [0.25, 0.3) is 0 Å². The summed E-state index contributed by atoms with van der Waals surface area (Å²) in [7, 11) is 2.99. The van der Waals surface area contributed by atoms with Gasteiger partial charge in [0.15, 0.2) is 11.5 Å². The fraction of sp³-hybridized carbons (Fsp3) is 0.222. The number of para-hydroxylation sites is 1. The maximum atomic E-state index is 13.0. The van der Waals surface area contributed by atoms with Crippen LogP contribution in [0.15, 0.2) is 42.5 Å². The smallest absolute Gasteiger partial charge is 0.327 e. The molecule has 2 aromatic rings. The minimum Gasteiger partial charge on any atom is -0.493 e. The van der Waals surface area contributed by atoms with Crippen LogP contribution in [0.3, 0.4) is 0 Å². The quantitative estimate of drug-likeness (QED) is 0.933. The lowest BCUT2D eigenvalue weighted by Gasteiger charge is -2.23. The second kappa shape index (κ2) is 6.23. The van der Waals surface area contributed by atoms with Crippen LogP contribution in [0.4, 0.5) is 5.69 Å². The molecular weight excluding hydrogens is 310 g/mol. The molecule has 0 saturated heterocycles. The van der Waals surface area contributed by atoms with E-state index in [9.17, 15) is 14.7 Å². The van der Waals surface area contributed by atoms with E-state index in [0.29, 0.717) is 29.2 Å². The van der Waals surface area contributed by atoms with Crippen molar-refractivity contribution < 1.29 is 24.2 Å². The molecule has 1 heterocycles. The predicted molar refractivity (Wildman–Crippen MR) is 87.9 cm³/mol. The lowest BCUT2D eigenvalue weighted by molar-refractivity contribution is -0.138. The third kappa shape index (κ3) is 2.56. The Kier molecular flexibility index (Phi) is 4.12. The molecule has 6 nitrogen and oxygen atoms in total. The van der Waals surface area contributed by atoms with Gasteiger partial charge in [0.1, 0.15) is 6.04 Å². The van der Waals surface area contributed by atoms with Crippen molar-refractivity contribution in [3.8, 4) is 11.5 Å². The Balaban J connectivity index is 2.03. The van der Waals surface area contributed by atoms with Crippen LogP contribution in [-0.2, 0) is 11.2 Å². The molecule has 0 saturated carbocycles. The first-order valence-corrected chi connectivity index (χ1v) is 7.43. The highest BCUT2D eigenvalue weighted by atomic mass is 16.5. The summed E-state index contributed by atoms with van der Waals surface area (Å²) in [4.78, 5) is 25.9. The van der Waals surface area contributed by atoms with Gasteiger partial charge in [-0.2, -0.15) is 0 Å². The van der Waals surface area contributed by atoms with E-state index in [1.807, 2.05) is 12.1 Å². The highest BCUT2D eigenvalue weighted by molar-refractivity contribution is 6.11. The maximum absolute atomic E-state index is 13.0. The molecule has 1 aliphatic rings. The Morgan fingerprint density at radius 1 is 1.08 bits per heavy atom. The van der Waals surface area contributed by atoms with Crippen LogP contribution < -0.4 is 14.4 Å². The van der Waals surface area contributed by atoms with E-state index >= 15 is 0 Å². The summed E-state index contributed by atoms with van der Waals surface area (Å²) < 4.78 is 10.4. The fourth-order valence-electron chi connectivity index (χ4n) is 2.94. The van der Waals surface area contributed by atoms with E-state index in [1.54, 1.807) is 30.3 Å². The van der Waals surface area contributed by atoms with Gasteiger partial charge in [-0.1, -0.05) is 18.2 Å². The van der Waals surface area contributed by atoms with Crippen LogP contribution in [0, 0.1) is 0 Å². The number of methoxy groups -OCH3 is 2. The van der Waals surface area contributed by atoms with E-state index in [1.165, 1.54) is 19.1 Å². The van der Waals surface area contributed by atoms with Crippen molar-refractivity contribution in [1.29, 1.82) is 0 Å². The monoisotopic (exact) mass is 327 g/mol. The molecule has 1 aliphatic heterocycles. The van der Waals surface area contributed by atoms with Gasteiger partial charge in [-0.05, 0) is 29.8 Å². The van der Waals surface area contributed by atoms with Crippen LogP contribution in [0.2, 0.25) is 0 Å². The van der Waals surface area contributed by atoms with Gasteiger partial charge in [-0.15, -0.1) is 0 Å². The van der Waals surface area contributed by atoms with E-state index < -0.39 is 12.0 Å². The average Bonchev–Trinajstić information content (AvgIpc) is 3.00. The van der Waals surface area contributed by atoms with Crippen LogP contribution in [0.5, 0.6) is 11.5 Å². The van der Waals surface area contributed by atoms with Gasteiger partial charge in [-0.3, -0.25) is 9.69 Å². The standard InChI is InChI=1S/C18H17NO5/c1-23-15-8-7-12(10-16(15)24-2)17(20)19-13-6-4-3-5-11(13)9-14(19)18(21)22/h3-8,10,14H,9H2,1-2H3,(H,21,22)/t14-/m1/s1. The third-order valence-electron chi connectivity index (χ3n) is 4.11. The highest BCUT2D eigenvalue weighted by Crippen LogP contribution is 2.35. The number of carboxylic acid groups (broad SMARTS) is 1. The van der Waals surface area contributed by atoms with Gasteiger partial charge in [0.05, 0.1) is 14.2 Å². The lowest BCUT2D eigenvalue weighted by Crippen LogP contribution is -2.42. The van der Waals surface area contributed by atoms with E-state index in [-0.39, 0.29) is 5.91 Å². The first-order valence-electron chi connectivity index (χ1n) is 7.43. The van der Waals surface area contributed by atoms with Crippen molar-refractivity contribution in [3.63, 3.8) is 0 Å². The van der Waals surface area contributed by atoms with Crippen molar-refractivity contribution >= 4 is 17.6 Å². The zero-order valence-electron chi connectivity index (χ0n) is 13.4. The Labute approximate surface area is 139 Å². The van der Waals surface area contributed by atoms with Crippen molar-refractivity contribution in [3.05, 3.63) is 53.6 Å². The summed E-state index contributed by atoms with van der Waals surface area (Å²) in [5.74, 6) is -0.485. The summed E-state index contributed by atoms with van der Waals surface area (Å²) in [6.45, 7) is 0. The molecule has 6 heteroatoms. The van der Waals surface area contributed by atoms with Crippen LogP contribution in [0.1, 0.15) is 15.9 Å². The minimum absolute atomic E-state index is 0.296. The number of hydrogen-bond acceptors (Lipinski definition) is 4. The molecule has 3 rings (SSSR count). The van der Waals surface area contributed by atoms with Gasteiger partial charge in [0, 0.05) is 17.7 Å². The summed E-state index contributed by atoms with van der Waals surface area (Å²) in [6, 6.07) is 11.1. The van der Waals surface area contributed by atoms with Gasteiger partial charge < -0.3 is 14.6 Å². The summed E-state index contributed by atoms with van der Waals surface area (Å²) in [6.07, 6.45) is 0.296. The Bertz CT molecular complexity index is 802. The van der Waals surface area contributed by atoms with Gasteiger partial charge in [0.2, 0.25) is 0 Å². The molecule has 0 aromatic heterocycles. The summed E-state index contributed by atoms with van der Waals surface area (Å²) >= 11 is 0. The van der Waals surface area contributed by atoms with Crippen molar-refractivity contribution in [1.82, 2.24) is 0 Å². The molecule has 1 amide bonds. The predicted octanol–water partition coefficient (Wildman–Crippen LogP) is 2.36. The molecule has 2 aromatic carbocycles. The largest absolute Gasteiger partial charge is 0.493 e. The second-order valence-electron chi connectivity index (χ2n) is 5.43. The average molecular weight is 327 g/mol. The number of amides is 1. The van der Waals surface area contributed by atoms with Gasteiger partial charge in [-0.25, -0.2) is 4.79 Å². The third-order valence-corrected chi connectivity index (χ3v) is 4.11. The molecule has 0 spiro atoms. The number of hydrogen-bond donors (Lipinski definition) is 1. The number of nitrogens with zero attached hydrogens (tertiary/aromatic N) is 1. The minimum atomic E-state index is -1.03. The number of anilines is 1. The maximum Gasteiger partial charge on any atom is 0.327 e. The Hall–Kier alpha value is -3.02. The van der Waals surface area contributed by atoms with E-state index in [4.69, 9.17) is 9.47 Å². The second-order valence-corrected chi connectivity index (χ2v) is 5.43. The zero-order valence-corrected chi connectivity index (χ0v) is 13.4. The van der Waals surface area contributed by atoms with Gasteiger partial charge in [0.25, 0.3) is 5.91 Å². The molecule has 1 N–H and O–H groups in total. The summed E-state index contributed by atoms with van der Waals surface area (Å²) in [5, 5.41) is 9.50. The zero-order chi connectivity index (χ0) is 17.3. The molecule has 0 aliphatic carbocycles.